The van der Waals surface area contributed by atoms with Crippen molar-refractivity contribution in [2.75, 3.05) is 11.9 Å². The molecule has 5 heteroatoms. The normalized spacial score (nSPS) is 10.2. The van der Waals surface area contributed by atoms with Gasteiger partial charge in [-0.25, -0.2) is 0 Å². The van der Waals surface area contributed by atoms with Crippen molar-refractivity contribution in [2.24, 2.45) is 0 Å². The number of thiocarbonyl (C=S) groups is 1. The first kappa shape index (κ1) is 19.9. The third-order valence-corrected chi connectivity index (χ3v) is 4.10. The minimum absolute atomic E-state index is 0.246. The molecule has 26 heavy (non-hydrogen) atoms. The molecule has 0 saturated carbocycles. The van der Waals surface area contributed by atoms with Crippen molar-refractivity contribution >= 4 is 28.9 Å². The quantitative estimate of drug-likeness (QED) is 0.473. The molecule has 2 aromatic carbocycles. The second-order valence-electron chi connectivity index (χ2n) is 6.06. The number of unbranched alkanes of at least 4 members (excludes halogenated alkanes) is 4. The van der Waals surface area contributed by atoms with E-state index in [1.54, 1.807) is 12.1 Å². The number of para-hydroxylation sites is 1. The van der Waals surface area contributed by atoms with Gasteiger partial charge in [-0.3, -0.25) is 10.1 Å². The van der Waals surface area contributed by atoms with E-state index in [9.17, 15) is 4.79 Å². The first-order valence-corrected chi connectivity index (χ1v) is 9.50. The molecule has 0 bridgehead atoms. The Morgan fingerprint density at radius 1 is 0.962 bits per heavy atom. The van der Waals surface area contributed by atoms with Gasteiger partial charge in [-0.1, -0.05) is 50.8 Å². The zero-order valence-corrected chi connectivity index (χ0v) is 16.0. The van der Waals surface area contributed by atoms with Crippen LogP contribution in [-0.2, 0) is 0 Å². The van der Waals surface area contributed by atoms with Crippen molar-refractivity contribution in [3.63, 3.8) is 0 Å². The van der Waals surface area contributed by atoms with E-state index in [4.69, 9.17) is 17.0 Å². The maximum Gasteiger partial charge on any atom is 0.257 e. The molecule has 0 atom stereocenters. The van der Waals surface area contributed by atoms with Crippen LogP contribution in [0.4, 0.5) is 5.69 Å². The fraction of sp³-hybridized carbons (Fsp3) is 0.333. The van der Waals surface area contributed by atoms with Crippen LogP contribution in [0.1, 0.15) is 49.4 Å². The zero-order valence-electron chi connectivity index (χ0n) is 15.2. The number of hydrogen-bond acceptors (Lipinski definition) is 3. The molecule has 0 spiro atoms. The number of nitrogens with one attached hydrogen (secondary N) is 2. The summed E-state index contributed by atoms with van der Waals surface area (Å²) in [5.41, 5.74) is 1.37. The molecule has 2 aromatic rings. The number of hydrogen-bond donors (Lipinski definition) is 2. The third kappa shape index (κ3) is 7.23. The lowest BCUT2D eigenvalue weighted by atomic mass is 10.2. The van der Waals surface area contributed by atoms with Crippen LogP contribution in [0.2, 0.25) is 0 Å². The summed E-state index contributed by atoms with van der Waals surface area (Å²) in [6.45, 7) is 2.92. The van der Waals surface area contributed by atoms with Crippen molar-refractivity contribution in [3.05, 3.63) is 60.2 Å². The SMILES string of the molecule is CCCCCCCOc1ccc(C(=O)NC(=S)Nc2ccccc2)cc1. The lowest BCUT2D eigenvalue weighted by molar-refractivity contribution is 0.0977. The highest BCUT2D eigenvalue weighted by Gasteiger charge is 2.08. The zero-order chi connectivity index (χ0) is 18.6. The van der Waals surface area contributed by atoms with Crippen molar-refractivity contribution < 1.29 is 9.53 Å². The van der Waals surface area contributed by atoms with Gasteiger partial charge in [0.25, 0.3) is 5.91 Å². The molecule has 0 unspecified atom stereocenters. The first-order valence-electron chi connectivity index (χ1n) is 9.09. The average molecular weight is 371 g/mol. The van der Waals surface area contributed by atoms with E-state index in [0.29, 0.717) is 12.2 Å². The van der Waals surface area contributed by atoms with Crippen LogP contribution >= 0.6 is 12.2 Å². The van der Waals surface area contributed by atoms with E-state index in [2.05, 4.69) is 17.6 Å². The molecular formula is C21H26N2O2S. The Kier molecular flexibility index (Phi) is 8.63. The van der Waals surface area contributed by atoms with Gasteiger partial charge in [-0.05, 0) is 55.0 Å². The molecule has 138 valence electrons. The van der Waals surface area contributed by atoms with E-state index in [-0.39, 0.29) is 11.0 Å². The highest BCUT2D eigenvalue weighted by molar-refractivity contribution is 7.80. The Bertz CT molecular complexity index is 687. The Labute approximate surface area is 161 Å². The van der Waals surface area contributed by atoms with E-state index >= 15 is 0 Å². The van der Waals surface area contributed by atoms with Crippen molar-refractivity contribution in [1.82, 2.24) is 5.32 Å². The molecule has 0 aliphatic heterocycles. The number of carbonyl (C=O) groups is 1. The molecule has 0 radical (unpaired) electrons. The van der Waals surface area contributed by atoms with E-state index < -0.39 is 0 Å². The average Bonchev–Trinajstić information content (AvgIpc) is 2.65. The maximum atomic E-state index is 12.2. The van der Waals surface area contributed by atoms with Crippen LogP contribution in [0.5, 0.6) is 5.75 Å². The van der Waals surface area contributed by atoms with Crippen LogP contribution < -0.4 is 15.4 Å². The van der Waals surface area contributed by atoms with E-state index in [1.165, 1.54) is 25.7 Å². The van der Waals surface area contributed by atoms with E-state index in [1.807, 2.05) is 42.5 Å². The second kappa shape index (κ2) is 11.3. The van der Waals surface area contributed by atoms with Crippen LogP contribution in [0.25, 0.3) is 0 Å². The summed E-state index contributed by atoms with van der Waals surface area (Å²) in [5, 5.41) is 5.93. The van der Waals surface area contributed by atoms with Gasteiger partial charge in [0.15, 0.2) is 5.11 Å². The van der Waals surface area contributed by atoms with Crippen molar-refractivity contribution in [2.45, 2.75) is 39.0 Å². The Hall–Kier alpha value is -2.40. The van der Waals surface area contributed by atoms with E-state index in [0.717, 1.165) is 17.9 Å². The number of anilines is 1. The minimum Gasteiger partial charge on any atom is -0.494 e. The molecule has 0 aliphatic rings. The van der Waals surface area contributed by atoms with Gasteiger partial charge in [0, 0.05) is 11.3 Å². The summed E-state index contributed by atoms with van der Waals surface area (Å²) < 4.78 is 5.71. The highest BCUT2D eigenvalue weighted by atomic mass is 32.1. The lowest BCUT2D eigenvalue weighted by Gasteiger charge is -2.10. The smallest absolute Gasteiger partial charge is 0.257 e. The first-order chi connectivity index (χ1) is 12.7. The Balaban J connectivity index is 1.74. The second-order valence-corrected chi connectivity index (χ2v) is 6.47. The molecular weight excluding hydrogens is 344 g/mol. The summed E-state index contributed by atoms with van der Waals surface area (Å²) >= 11 is 5.17. The number of ether oxygens (including phenoxy) is 1. The predicted octanol–water partition coefficient (Wildman–Crippen LogP) is 5.16. The van der Waals surface area contributed by atoms with Crippen LogP contribution in [-0.4, -0.2) is 17.6 Å². The van der Waals surface area contributed by atoms with Crippen LogP contribution in [0.3, 0.4) is 0 Å². The molecule has 2 N–H and O–H groups in total. The molecule has 0 fully saturated rings. The molecule has 1 amide bonds. The Morgan fingerprint density at radius 2 is 1.65 bits per heavy atom. The molecule has 0 aromatic heterocycles. The fourth-order valence-corrected chi connectivity index (χ4v) is 2.67. The summed E-state index contributed by atoms with van der Waals surface area (Å²) in [6.07, 6.45) is 6.04. The molecule has 4 nitrogen and oxygen atoms in total. The monoisotopic (exact) mass is 370 g/mol. The van der Waals surface area contributed by atoms with Crippen molar-refractivity contribution in [3.8, 4) is 5.75 Å². The number of amides is 1. The molecule has 0 aliphatic carbocycles. The van der Waals surface area contributed by atoms with Gasteiger partial charge >= 0.3 is 0 Å². The van der Waals surface area contributed by atoms with Gasteiger partial charge in [-0.15, -0.1) is 0 Å². The third-order valence-electron chi connectivity index (χ3n) is 3.89. The number of benzene rings is 2. The van der Waals surface area contributed by atoms with Gasteiger partial charge in [-0.2, -0.15) is 0 Å². The standard InChI is InChI=1S/C21H26N2O2S/c1-2-3-4-5-9-16-25-19-14-12-17(13-15-19)20(24)23-21(26)22-18-10-7-6-8-11-18/h6-8,10-15H,2-5,9,16H2,1H3,(H2,22,23,24,26). The summed E-state index contributed by atoms with van der Waals surface area (Å²) in [6, 6.07) is 16.6. The summed E-state index contributed by atoms with van der Waals surface area (Å²) in [7, 11) is 0. The van der Waals surface area contributed by atoms with Gasteiger partial charge in [0.2, 0.25) is 0 Å². The maximum absolute atomic E-state index is 12.2. The van der Waals surface area contributed by atoms with Gasteiger partial charge in [0.05, 0.1) is 6.61 Å². The van der Waals surface area contributed by atoms with Gasteiger partial charge < -0.3 is 10.1 Å². The summed E-state index contributed by atoms with van der Waals surface area (Å²) in [5.74, 6) is 0.534. The molecule has 0 saturated heterocycles. The van der Waals surface area contributed by atoms with Crippen LogP contribution in [0, 0.1) is 0 Å². The summed E-state index contributed by atoms with van der Waals surface area (Å²) in [4.78, 5) is 12.2. The molecule has 2 rings (SSSR count). The number of rotatable bonds is 9. The fourth-order valence-electron chi connectivity index (χ4n) is 2.46. The largest absolute Gasteiger partial charge is 0.494 e. The van der Waals surface area contributed by atoms with Gasteiger partial charge in [0.1, 0.15) is 5.75 Å². The Morgan fingerprint density at radius 3 is 2.35 bits per heavy atom. The molecule has 0 heterocycles. The predicted molar refractivity (Wildman–Crippen MR) is 111 cm³/mol. The van der Waals surface area contributed by atoms with Crippen molar-refractivity contribution in [1.29, 1.82) is 0 Å². The number of carbonyl (C=O) groups excluding carboxylic acids is 1. The topological polar surface area (TPSA) is 50.4 Å². The minimum atomic E-state index is -0.246. The van der Waals surface area contributed by atoms with Crippen LogP contribution in [0.15, 0.2) is 54.6 Å². The highest BCUT2D eigenvalue weighted by Crippen LogP contribution is 2.13. The lowest BCUT2D eigenvalue weighted by Crippen LogP contribution is -2.34.